The molecule has 0 amide bonds. The van der Waals surface area contributed by atoms with Crippen LogP contribution in [0.2, 0.25) is 0 Å². The van der Waals surface area contributed by atoms with E-state index in [1.54, 1.807) is 0 Å². The van der Waals surface area contributed by atoms with E-state index in [1.165, 1.54) is 19.6 Å². The molecule has 0 unspecified atom stereocenters. The molecule has 0 aliphatic carbocycles. The molecule has 0 rings (SSSR count). The van der Waals surface area contributed by atoms with E-state index < -0.39 is 32.4 Å². The van der Waals surface area contributed by atoms with E-state index in [0.717, 1.165) is 0 Å². The third-order valence-electron chi connectivity index (χ3n) is 1.34. The van der Waals surface area contributed by atoms with E-state index in [2.05, 4.69) is 25.7 Å². The first-order valence-corrected chi connectivity index (χ1v) is 7.37. The van der Waals surface area contributed by atoms with Crippen molar-refractivity contribution in [3.05, 3.63) is 0 Å². The molecule has 0 bridgehead atoms. The molecule has 122 valence electrons. The summed E-state index contributed by atoms with van der Waals surface area (Å²) < 4.78 is 71.9. The molecule has 19 heavy (non-hydrogen) atoms. The highest BCUT2D eigenvalue weighted by molar-refractivity contribution is 4.43. The Balaban J connectivity index is -0.0000000825. The van der Waals surface area contributed by atoms with Crippen molar-refractivity contribution in [2.45, 2.75) is 20.8 Å². The van der Waals surface area contributed by atoms with Gasteiger partial charge in [0.05, 0.1) is 0 Å². The molecule has 0 heterocycles. The lowest BCUT2D eigenvalue weighted by molar-refractivity contribution is -1.63. The Hall–Kier alpha value is 0.470. The van der Waals surface area contributed by atoms with Crippen LogP contribution in [0.3, 0.4) is 0 Å². The van der Waals surface area contributed by atoms with Gasteiger partial charge in [-0.1, -0.05) is 20.8 Å². The molecule has 3 N–H and O–H groups in total. The summed E-state index contributed by atoms with van der Waals surface area (Å²) in [5.74, 6) is 0. The van der Waals surface area contributed by atoms with Crippen LogP contribution in [0.4, 0.5) is 0 Å². The molecular weight excluding hydrogens is 336 g/mol. The quantitative estimate of drug-likeness (QED) is 0.436. The molecule has 0 fully saturated rings. The predicted octanol–water partition coefficient (Wildman–Crippen LogP) is -7.46. The van der Waals surface area contributed by atoms with Crippen LogP contribution in [0.25, 0.3) is 0 Å². The SMILES string of the molecule is CCN(CC)CC.[O-][Cl+2]([O-])O.[O-][Cl+2]([O-])O.[O-][Cl+2]([O-])O. The lowest BCUT2D eigenvalue weighted by Gasteiger charge is -2.13. The first-order valence-electron chi connectivity index (χ1n) is 4.50. The Labute approximate surface area is 120 Å². The first-order chi connectivity index (χ1) is 8.54. The fraction of sp³-hybridized carbons (Fsp3) is 1.00. The monoisotopic (exact) mass is 353 g/mol. The van der Waals surface area contributed by atoms with Gasteiger partial charge in [-0.25, -0.2) is 0 Å². The molecule has 0 saturated heterocycles. The van der Waals surface area contributed by atoms with Crippen molar-refractivity contribution in [3.8, 4) is 0 Å². The van der Waals surface area contributed by atoms with Gasteiger partial charge in [0.25, 0.3) is 32.4 Å². The second kappa shape index (κ2) is 23.6. The lowest BCUT2D eigenvalue weighted by Crippen LogP contribution is -2.30. The minimum absolute atomic E-state index is 1.19. The maximum atomic E-state index is 8.52. The Kier molecular flexibility index (Phi) is 34.4. The van der Waals surface area contributed by atoms with Gasteiger partial charge in [-0.2, -0.15) is 0 Å². The smallest absolute Gasteiger partial charge is 0.282 e. The van der Waals surface area contributed by atoms with Gasteiger partial charge in [-0.3, -0.25) is 0 Å². The molecule has 13 heteroatoms. The fourth-order valence-corrected chi connectivity index (χ4v) is 0.671. The molecule has 0 spiro atoms. The van der Waals surface area contributed by atoms with Gasteiger partial charge >= 0.3 is 0 Å². The van der Waals surface area contributed by atoms with E-state index >= 15 is 0 Å². The predicted molar refractivity (Wildman–Crippen MR) is 40.1 cm³/mol. The highest BCUT2D eigenvalue weighted by Crippen LogP contribution is 1.81. The highest BCUT2D eigenvalue weighted by Gasteiger charge is 1.89. The zero-order valence-electron chi connectivity index (χ0n) is 10.5. The van der Waals surface area contributed by atoms with E-state index in [1.807, 2.05) is 0 Å². The van der Waals surface area contributed by atoms with E-state index in [0.29, 0.717) is 0 Å². The number of hydrogen-bond donors (Lipinski definition) is 3. The zero-order chi connectivity index (χ0) is 16.4. The second-order valence-electron chi connectivity index (χ2n) is 2.22. The van der Waals surface area contributed by atoms with Crippen molar-refractivity contribution in [2.75, 3.05) is 19.6 Å². The number of hydrogen-bond acceptors (Lipinski definition) is 10. The number of rotatable bonds is 3. The summed E-state index contributed by atoms with van der Waals surface area (Å²) in [5, 5.41) is 0. The van der Waals surface area contributed by atoms with Crippen LogP contribution >= 0.6 is 0 Å². The van der Waals surface area contributed by atoms with Crippen LogP contribution in [0.1, 0.15) is 20.8 Å². The highest BCUT2D eigenvalue weighted by atomic mass is 35.6. The van der Waals surface area contributed by atoms with E-state index in [9.17, 15) is 0 Å². The summed E-state index contributed by atoms with van der Waals surface area (Å²) in [4.78, 5) is 2.38. The molecule has 0 aromatic heterocycles. The minimum atomic E-state index is -2.60. The molecule has 0 radical (unpaired) electrons. The van der Waals surface area contributed by atoms with Gasteiger partial charge in [0.1, 0.15) is 0 Å². The van der Waals surface area contributed by atoms with Crippen molar-refractivity contribution in [3.63, 3.8) is 0 Å². The maximum Gasteiger partial charge on any atom is 0.282 e. The van der Waals surface area contributed by atoms with Crippen molar-refractivity contribution < 1.29 is 74.3 Å². The summed E-state index contributed by atoms with van der Waals surface area (Å²) in [6, 6.07) is 0. The number of halogens is 3. The van der Waals surface area contributed by atoms with Crippen LogP contribution in [-0.2, 0) is 0 Å². The molecular formula is C6H18Cl3NO9. The van der Waals surface area contributed by atoms with Gasteiger partial charge in [0.2, 0.25) is 0 Å². The summed E-state index contributed by atoms with van der Waals surface area (Å²) in [7, 11) is -7.81. The summed E-state index contributed by atoms with van der Waals surface area (Å²) in [6.07, 6.45) is 0. The summed E-state index contributed by atoms with van der Waals surface area (Å²) in [5.41, 5.74) is 0. The van der Waals surface area contributed by atoms with Crippen LogP contribution in [0.15, 0.2) is 0 Å². The van der Waals surface area contributed by atoms with Gasteiger partial charge < -0.3 is 32.9 Å². The van der Waals surface area contributed by atoms with Crippen LogP contribution in [-0.4, -0.2) is 38.5 Å². The topological polar surface area (TPSA) is 202 Å². The van der Waals surface area contributed by atoms with Gasteiger partial charge in [-0.05, 0) is 19.6 Å². The second-order valence-corrected chi connectivity index (χ2v) is 3.43. The Morgan fingerprint density at radius 3 is 0.737 bits per heavy atom. The summed E-state index contributed by atoms with van der Waals surface area (Å²) in [6.45, 7) is 10.1. The zero-order valence-corrected chi connectivity index (χ0v) is 12.8. The molecule has 0 aliphatic rings. The van der Waals surface area contributed by atoms with Gasteiger partial charge in [0, 0.05) is 14.0 Å². The third kappa shape index (κ3) is 120. The van der Waals surface area contributed by atoms with Crippen molar-refractivity contribution in [1.29, 1.82) is 0 Å². The van der Waals surface area contributed by atoms with Gasteiger partial charge in [-0.15, -0.1) is 0 Å². The molecule has 0 atom stereocenters. The Bertz CT molecular complexity index is 111. The Morgan fingerprint density at radius 2 is 0.737 bits per heavy atom. The van der Waals surface area contributed by atoms with Crippen LogP contribution in [0, 0.1) is 32.4 Å². The third-order valence-corrected chi connectivity index (χ3v) is 1.34. The molecule has 0 saturated carbocycles. The van der Waals surface area contributed by atoms with Crippen molar-refractivity contribution >= 4 is 0 Å². The van der Waals surface area contributed by atoms with Gasteiger partial charge in [0.15, 0.2) is 0 Å². The average Bonchev–Trinajstić information content (AvgIpc) is 2.17. The fourth-order valence-electron chi connectivity index (χ4n) is 0.671. The van der Waals surface area contributed by atoms with E-state index in [4.69, 9.17) is 41.9 Å². The Morgan fingerprint density at radius 1 is 0.632 bits per heavy atom. The molecule has 0 aromatic rings. The standard InChI is InChI=1S/C6H15N.3ClHO3/c1-4-7(5-2)6-3;3*2-1(3)4/h4-6H2,1-3H3;3*2H. The minimum Gasteiger partial charge on any atom is -0.321 e. The largest absolute Gasteiger partial charge is 0.321 e. The summed E-state index contributed by atoms with van der Waals surface area (Å²) >= 11 is 0. The first kappa shape index (κ1) is 27.8. The maximum absolute atomic E-state index is 8.52. The molecule has 0 aromatic carbocycles. The van der Waals surface area contributed by atoms with Crippen molar-refractivity contribution in [2.24, 2.45) is 0 Å². The van der Waals surface area contributed by atoms with Crippen molar-refractivity contribution in [1.82, 2.24) is 4.90 Å². The average molecular weight is 355 g/mol. The van der Waals surface area contributed by atoms with Crippen LogP contribution < -0.4 is 28.0 Å². The molecule has 0 aliphatic heterocycles. The number of nitrogens with zero attached hydrogens (tertiary/aromatic N) is 1. The molecule has 10 nitrogen and oxygen atoms in total. The normalized spacial score (nSPS) is 9.47. The van der Waals surface area contributed by atoms with E-state index in [-0.39, 0.29) is 0 Å². The lowest BCUT2D eigenvalue weighted by atomic mass is 10.5. The van der Waals surface area contributed by atoms with Crippen LogP contribution in [0.5, 0.6) is 0 Å².